The number of benzene rings is 1. The van der Waals surface area contributed by atoms with Gasteiger partial charge in [-0.2, -0.15) is 0 Å². The fraction of sp³-hybridized carbons (Fsp3) is 0.381. The molecule has 2 amide bonds. The molecular formula is C21H22N4O4. The fourth-order valence-corrected chi connectivity index (χ4v) is 3.79. The summed E-state index contributed by atoms with van der Waals surface area (Å²) in [6, 6.07) is 8.10. The second kappa shape index (κ2) is 8.38. The molecule has 1 saturated heterocycles. The van der Waals surface area contributed by atoms with Gasteiger partial charge in [0, 0.05) is 25.5 Å². The van der Waals surface area contributed by atoms with Gasteiger partial charge in [0.2, 0.25) is 5.95 Å². The van der Waals surface area contributed by atoms with Crippen molar-refractivity contribution < 1.29 is 19.1 Å². The molecule has 1 aromatic carbocycles. The first-order chi connectivity index (χ1) is 14.2. The van der Waals surface area contributed by atoms with E-state index in [1.165, 1.54) is 4.90 Å². The second-order valence-corrected chi connectivity index (χ2v) is 7.08. The van der Waals surface area contributed by atoms with Gasteiger partial charge >= 0.3 is 5.97 Å². The molecule has 3 heterocycles. The van der Waals surface area contributed by atoms with E-state index < -0.39 is 6.04 Å². The number of esters is 1. The number of carbonyl (C=O) groups is 3. The average molecular weight is 394 g/mol. The van der Waals surface area contributed by atoms with Gasteiger partial charge in [-0.05, 0) is 43.9 Å². The van der Waals surface area contributed by atoms with Gasteiger partial charge in [0.1, 0.15) is 6.04 Å². The smallest absolute Gasteiger partial charge is 0.328 e. The summed E-state index contributed by atoms with van der Waals surface area (Å²) in [6.45, 7) is 1.07. The number of imide groups is 1. The molecule has 8 heteroatoms. The van der Waals surface area contributed by atoms with Crippen molar-refractivity contribution in [2.75, 3.05) is 24.6 Å². The molecule has 2 aliphatic rings. The van der Waals surface area contributed by atoms with Crippen molar-refractivity contribution >= 4 is 23.7 Å². The number of hydrogen-bond donors (Lipinski definition) is 0. The van der Waals surface area contributed by atoms with Crippen LogP contribution < -0.4 is 4.90 Å². The first kappa shape index (κ1) is 19.0. The van der Waals surface area contributed by atoms with E-state index in [1.807, 2.05) is 4.90 Å². The third-order valence-electron chi connectivity index (χ3n) is 5.23. The van der Waals surface area contributed by atoms with Crippen LogP contribution in [-0.4, -0.2) is 58.4 Å². The highest BCUT2D eigenvalue weighted by Gasteiger charge is 2.35. The Morgan fingerprint density at radius 1 is 1.03 bits per heavy atom. The SMILES string of the molecule is O=C(OCCCN1C(=O)c2ccccc2C1=O)C1CCCCN1c1ncccn1. The summed E-state index contributed by atoms with van der Waals surface area (Å²) in [5, 5.41) is 0. The van der Waals surface area contributed by atoms with Crippen molar-refractivity contribution in [3.05, 3.63) is 53.9 Å². The lowest BCUT2D eigenvalue weighted by Gasteiger charge is -2.33. The van der Waals surface area contributed by atoms with Crippen molar-refractivity contribution in [2.45, 2.75) is 31.7 Å². The van der Waals surface area contributed by atoms with Crippen LogP contribution in [0, 0.1) is 0 Å². The highest BCUT2D eigenvalue weighted by atomic mass is 16.5. The highest BCUT2D eigenvalue weighted by Crippen LogP contribution is 2.24. The number of rotatable bonds is 6. The van der Waals surface area contributed by atoms with Crippen LogP contribution in [0.15, 0.2) is 42.7 Å². The maximum atomic E-state index is 12.6. The Labute approximate surface area is 168 Å². The molecule has 1 atom stereocenters. The Kier molecular flexibility index (Phi) is 5.50. The van der Waals surface area contributed by atoms with Gasteiger partial charge in [-0.3, -0.25) is 14.5 Å². The van der Waals surface area contributed by atoms with Crippen LogP contribution in [0.25, 0.3) is 0 Å². The van der Waals surface area contributed by atoms with Crippen molar-refractivity contribution in [2.24, 2.45) is 0 Å². The van der Waals surface area contributed by atoms with Crippen molar-refractivity contribution in [3.63, 3.8) is 0 Å². The summed E-state index contributed by atoms with van der Waals surface area (Å²) in [7, 11) is 0. The van der Waals surface area contributed by atoms with E-state index >= 15 is 0 Å². The first-order valence-electron chi connectivity index (χ1n) is 9.82. The summed E-state index contributed by atoms with van der Waals surface area (Å²) in [6.07, 6.45) is 6.31. The maximum Gasteiger partial charge on any atom is 0.328 e. The van der Waals surface area contributed by atoms with Crippen LogP contribution in [-0.2, 0) is 9.53 Å². The lowest BCUT2D eigenvalue weighted by molar-refractivity contribution is -0.145. The molecule has 0 aliphatic carbocycles. The molecule has 1 fully saturated rings. The molecule has 8 nitrogen and oxygen atoms in total. The predicted molar refractivity (Wildman–Crippen MR) is 104 cm³/mol. The molecule has 29 heavy (non-hydrogen) atoms. The molecule has 1 aromatic heterocycles. The Bertz CT molecular complexity index is 883. The zero-order valence-electron chi connectivity index (χ0n) is 16.0. The molecule has 4 rings (SSSR count). The van der Waals surface area contributed by atoms with E-state index in [1.54, 1.807) is 42.7 Å². The number of amides is 2. The molecule has 2 aliphatic heterocycles. The standard InChI is InChI=1S/C21H22N4O4/c26-18-15-7-1-2-8-16(15)19(27)25(18)13-6-14-29-20(28)17-9-3-4-12-24(17)21-22-10-5-11-23-21/h1-2,5,7-8,10-11,17H,3-4,6,9,12-14H2. The number of nitrogens with zero attached hydrogens (tertiary/aromatic N) is 4. The number of ether oxygens (including phenoxy) is 1. The minimum Gasteiger partial charge on any atom is -0.464 e. The summed E-state index contributed by atoms with van der Waals surface area (Å²) < 4.78 is 5.46. The normalized spacial score (nSPS) is 18.7. The van der Waals surface area contributed by atoms with Crippen LogP contribution in [0.2, 0.25) is 0 Å². The first-order valence-corrected chi connectivity index (χ1v) is 9.82. The van der Waals surface area contributed by atoms with Gasteiger partial charge < -0.3 is 9.64 Å². The molecule has 0 bridgehead atoms. The Morgan fingerprint density at radius 3 is 2.41 bits per heavy atom. The molecule has 0 saturated carbocycles. The summed E-state index contributed by atoms with van der Waals surface area (Å²) in [5.74, 6) is -0.382. The monoisotopic (exact) mass is 394 g/mol. The number of hydrogen-bond acceptors (Lipinski definition) is 7. The maximum absolute atomic E-state index is 12.6. The van der Waals surface area contributed by atoms with E-state index in [0.29, 0.717) is 36.5 Å². The minimum atomic E-state index is -0.412. The van der Waals surface area contributed by atoms with Gasteiger partial charge in [0.25, 0.3) is 11.8 Å². The van der Waals surface area contributed by atoms with E-state index in [4.69, 9.17) is 4.74 Å². The minimum absolute atomic E-state index is 0.145. The lowest BCUT2D eigenvalue weighted by atomic mass is 10.0. The third kappa shape index (κ3) is 3.83. The van der Waals surface area contributed by atoms with Crippen LogP contribution in [0.3, 0.4) is 0 Å². The molecule has 0 spiro atoms. The van der Waals surface area contributed by atoms with Gasteiger partial charge in [0.05, 0.1) is 17.7 Å². The second-order valence-electron chi connectivity index (χ2n) is 7.08. The Balaban J connectivity index is 1.30. The molecule has 2 aromatic rings. The molecule has 0 N–H and O–H groups in total. The molecule has 150 valence electrons. The number of carbonyl (C=O) groups excluding carboxylic acids is 3. The van der Waals surface area contributed by atoms with Crippen LogP contribution in [0.5, 0.6) is 0 Å². The molecular weight excluding hydrogens is 372 g/mol. The quantitative estimate of drug-likeness (QED) is 0.421. The topological polar surface area (TPSA) is 92.7 Å². The number of piperidine rings is 1. The van der Waals surface area contributed by atoms with E-state index in [2.05, 4.69) is 9.97 Å². The van der Waals surface area contributed by atoms with Gasteiger partial charge in [0.15, 0.2) is 0 Å². The van der Waals surface area contributed by atoms with Crippen molar-refractivity contribution in [1.29, 1.82) is 0 Å². The van der Waals surface area contributed by atoms with Crippen LogP contribution >= 0.6 is 0 Å². The number of fused-ring (bicyclic) bond motifs is 1. The zero-order chi connectivity index (χ0) is 20.2. The summed E-state index contributed by atoms with van der Waals surface area (Å²) in [5.41, 5.74) is 0.852. The zero-order valence-corrected chi connectivity index (χ0v) is 16.0. The molecule has 0 radical (unpaired) electrons. The number of aromatic nitrogens is 2. The van der Waals surface area contributed by atoms with Gasteiger partial charge in [-0.1, -0.05) is 12.1 Å². The van der Waals surface area contributed by atoms with Gasteiger partial charge in [-0.15, -0.1) is 0 Å². The summed E-state index contributed by atoms with van der Waals surface area (Å²) >= 11 is 0. The van der Waals surface area contributed by atoms with E-state index in [0.717, 1.165) is 12.8 Å². The van der Waals surface area contributed by atoms with E-state index in [-0.39, 0.29) is 30.9 Å². The average Bonchev–Trinajstić information content (AvgIpc) is 3.02. The van der Waals surface area contributed by atoms with Crippen molar-refractivity contribution in [1.82, 2.24) is 14.9 Å². The Hall–Kier alpha value is -3.29. The predicted octanol–water partition coefficient (Wildman–Crippen LogP) is 2.07. The molecule has 1 unspecified atom stereocenters. The van der Waals surface area contributed by atoms with Gasteiger partial charge in [-0.25, -0.2) is 14.8 Å². The third-order valence-corrected chi connectivity index (χ3v) is 5.23. The largest absolute Gasteiger partial charge is 0.464 e. The number of anilines is 1. The van der Waals surface area contributed by atoms with Crippen molar-refractivity contribution in [3.8, 4) is 0 Å². The summed E-state index contributed by atoms with van der Waals surface area (Å²) in [4.78, 5) is 48.9. The highest BCUT2D eigenvalue weighted by molar-refractivity contribution is 6.21. The van der Waals surface area contributed by atoms with Crippen LogP contribution in [0.1, 0.15) is 46.4 Å². The van der Waals surface area contributed by atoms with Crippen LogP contribution in [0.4, 0.5) is 5.95 Å². The fourth-order valence-electron chi connectivity index (χ4n) is 3.79. The van der Waals surface area contributed by atoms with E-state index in [9.17, 15) is 14.4 Å². The Morgan fingerprint density at radius 2 is 1.72 bits per heavy atom. The lowest BCUT2D eigenvalue weighted by Crippen LogP contribution is -2.46.